The smallest absolute Gasteiger partial charge is 0.244 e. The van der Waals surface area contributed by atoms with Crippen LogP contribution in [0.2, 0.25) is 0 Å². The molecule has 28 heavy (non-hydrogen) atoms. The Kier molecular flexibility index (Phi) is 5.08. The summed E-state index contributed by atoms with van der Waals surface area (Å²) in [7, 11) is 1.63. The lowest BCUT2D eigenvalue weighted by atomic mass is 10.1. The highest BCUT2D eigenvalue weighted by Crippen LogP contribution is 2.24. The number of aromatic nitrogens is 2. The summed E-state index contributed by atoms with van der Waals surface area (Å²) in [4.78, 5) is 25.6. The zero-order chi connectivity index (χ0) is 19.5. The molecule has 1 saturated heterocycles. The van der Waals surface area contributed by atoms with Crippen LogP contribution in [0, 0.1) is 0 Å². The monoisotopic (exact) mass is 378 g/mol. The third-order valence-corrected chi connectivity index (χ3v) is 5.00. The summed E-state index contributed by atoms with van der Waals surface area (Å²) < 4.78 is 10.5. The van der Waals surface area contributed by atoms with Crippen LogP contribution in [0.15, 0.2) is 59.5 Å². The van der Waals surface area contributed by atoms with Crippen LogP contribution in [-0.2, 0) is 11.3 Å². The lowest BCUT2D eigenvalue weighted by molar-refractivity contribution is -0.125. The van der Waals surface area contributed by atoms with Crippen molar-refractivity contribution in [3.8, 4) is 17.3 Å². The molecule has 3 heterocycles. The Balaban J connectivity index is 1.42. The van der Waals surface area contributed by atoms with Crippen molar-refractivity contribution in [2.75, 3.05) is 25.1 Å². The van der Waals surface area contributed by atoms with Crippen LogP contribution in [0.1, 0.15) is 12.5 Å². The SMILES string of the molecule is COc1ccc(N2CCN(Cc3cnc(-c4ccco4)nc3)[C@H](C)C2=O)cc1. The summed E-state index contributed by atoms with van der Waals surface area (Å²) in [5.74, 6) is 2.07. The van der Waals surface area contributed by atoms with Crippen molar-refractivity contribution in [2.24, 2.45) is 0 Å². The Morgan fingerprint density at radius 3 is 2.54 bits per heavy atom. The molecule has 1 aromatic carbocycles. The van der Waals surface area contributed by atoms with Gasteiger partial charge in [0.1, 0.15) is 5.75 Å². The molecule has 0 spiro atoms. The second kappa shape index (κ2) is 7.82. The summed E-state index contributed by atoms with van der Waals surface area (Å²) in [5, 5.41) is 0. The van der Waals surface area contributed by atoms with Crippen molar-refractivity contribution in [2.45, 2.75) is 19.5 Å². The molecule has 0 radical (unpaired) electrons. The summed E-state index contributed by atoms with van der Waals surface area (Å²) in [6.07, 6.45) is 5.18. The highest BCUT2D eigenvalue weighted by molar-refractivity contribution is 5.97. The first-order chi connectivity index (χ1) is 13.7. The average Bonchev–Trinajstić information content (AvgIpc) is 3.27. The zero-order valence-electron chi connectivity index (χ0n) is 15.9. The molecule has 7 heteroatoms. The molecule has 0 N–H and O–H groups in total. The fourth-order valence-corrected chi connectivity index (χ4v) is 3.35. The van der Waals surface area contributed by atoms with Gasteiger partial charge < -0.3 is 14.1 Å². The van der Waals surface area contributed by atoms with Crippen LogP contribution in [0.3, 0.4) is 0 Å². The summed E-state index contributed by atoms with van der Waals surface area (Å²) >= 11 is 0. The largest absolute Gasteiger partial charge is 0.497 e. The first-order valence-electron chi connectivity index (χ1n) is 9.20. The molecule has 1 fully saturated rings. The van der Waals surface area contributed by atoms with E-state index >= 15 is 0 Å². The second-order valence-electron chi connectivity index (χ2n) is 6.73. The van der Waals surface area contributed by atoms with E-state index in [0.29, 0.717) is 24.7 Å². The molecule has 0 unspecified atom stereocenters. The maximum absolute atomic E-state index is 12.9. The van der Waals surface area contributed by atoms with Crippen LogP contribution in [0.4, 0.5) is 5.69 Å². The second-order valence-corrected chi connectivity index (χ2v) is 6.73. The lowest BCUT2D eigenvalue weighted by Gasteiger charge is -2.39. The number of piperazine rings is 1. The highest BCUT2D eigenvalue weighted by Gasteiger charge is 2.32. The minimum atomic E-state index is -0.222. The average molecular weight is 378 g/mol. The van der Waals surface area contributed by atoms with E-state index in [4.69, 9.17) is 9.15 Å². The number of carbonyl (C=O) groups excluding carboxylic acids is 1. The number of ether oxygens (including phenoxy) is 1. The van der Waals surface area contributed by atoms with Gasteiger partial charge in [-0.15, -0.1) is 0 Å². The van der Waals surface area contributed by atoms with Crippen molar-refractivity contribution < 1.29 is 13.9 Å². The van der Waals surface area contributed by atoms with E-state index < -0.39 is 0 Å². The number of rotatable bonds is 5. The van der Waals surface area contributed by atoms with E-state index in [1.165, 1.54) is 0 Å². The summed E-state index contributed by atoms with van der Waals surface area (Å²) in [5.41, 5.74) is 1.86. The molecule has 1 amide bonds. The van der Waals surface area contributed by atoms with Crippen LogP contribution < -0.4 is 9.64 Å². The number of hydrogen-bond donors (Lipinski definition) is 0. The van der Waals surface area contributed by atoms with Gasteiger partial charge in [0.25, 0.3) is 0 Å². The summed E-state index contributed by atoms with van der Waals surface area (Å²) in [6, 6.07) is 11.0. The first-order valence-corrected chi connectivity index (χ1v) is 9.20. The van der Waals surface area contributed by atoms with Crippen LogP contribution in [0.5, 0.6) is 5.75 Å². The normalized spacial score (nSPS) is 17.7. The van der Waals surface area contributed by atoms with Gasteiger partial charge in [-0.1, -0.05) is 0 Å². The predicted molar refractivity (Wildman–Crippen MR) is 105 cm³/mol. The number of carbonyl (C=O) groups is 1. The fourth-order valence-electron chi connectivity index (χ4n) is 3.35. The third-order valence-electron chi connectivity index (χ3n) is 5.00. The summed E-state index contributed by atoms with van der Waals surface area (Å²) in [6.45, 7) is 3.98. The molecule has 0 saturated carbocycles. The predicted octanol–water partition coefficient (Wildman–Crippen LogP) is 2.98. The number of methoxy groups -OCH3 is 1. The van der Waals surface area contributed by atoms with Gasteiger partial charge in [-0.25, -0.2) is 9.97 Å². The van der Waals surface area contributed by atoms with Gasteiger partial charge in [0.2, 0.25) is 5.91 Å². The minimum absolute atomic E-state index is 0.0875. The maximum atomic E-state index is 12.9. The van der Waals surface area contributed by atoms with E-state index in [0.717, 1.165) is 23.5 Å². The number of furan rings is 1. The molecular weight excluding hydrogens is 356 g/mol. The van der Waals surface area contributed by atoms with E-state index in [1.807, 2.05) is 48.2 Å². The molecule has 3 aromatic rings. The highest BCUT2D eigenvalue weighted by atomic mass is 16.5. The van der Waals surface area contributed by atoms with Crippen LogP contribution in [-0.4, -0.2) is 47.0 Å². The fraction of sp³-hybridized carbons (Fsp3) is 0.286. The van der Waals surface area contributed by atoms with Gasteiger partial charge in [0.15, 0.2) is 11.6 Å². The van der Waals surface area contributed by atoms with E-state index in [2.05, 4.69) is 14.9 Å². The number of benzene rings is 1. The number of nitrogens with zero attached hydrogens (tertiary/aromatic N) is 4. The number of amides is 1. The van der Waals surface area contributed by atoms with E-state index in [9.17, 15) is 4.79 Å². The molecule has 2 aromatic heterocycles. The van der Waals surface area contributed by atoms with Crippen molar-refractivity contribution in [1.82, 2.24) is 14.9 Å². The van der Waals surface area contributed by atoms with Gasteiger partial charge in [0, 0.05) is 43.3 Å². The van der Waals surface area contributed by atoms with Gasteiger partial charge in [0.05, 0.1) is 19.4 Å². The van der Waals surface area contributed by atoms with Crippen molar-refractivity contribution in [1.29, 1.82) is 0 Å². The number of hydrogen-bond acceptors (Lipinski definition) is 6. The molecule has 4 rings (SSSR count). The molecule has 1 atom stereocenters. The molecule has 0 aliphatic carbocycles. The first kappa shape index (κ1) is 18.2. The van der Waals surface area contributed by atoms with Crippen LogP contribution >= 0.6 is 0 Å². The standard InChI is InChI=1S/C21H22N4O3/c1-15-21(26)25(17-5-7-18(27-2)8-6-17)10-9-24(15)14-16-12-22-20(23-13-16)19-4-3-11-28-19/h3-8,11-13,15H,9-10,14H2,1-2H3/t15-/m1/s1. The minimum Gasteiger partial charge on any atom is -0.497 e. The lowest BCUT2D eigenvalue weighted by Crippen LogP contribution is -2.55. The molecule has 1 aliphatic rings. The Labute approximate surface area is 163 Å². The van der Waals surface area contributed by atoms with Gasteiger partial charge in [-0.2, -0.15) is 0 Å². The molecule has 7 nitrogen and oxygen atoms in total. The van der Waals surface area contributed by atoms with Crippen molar-refractivity contribution in [3.63, 3.8) is 0 Å². The third kappa shape index (κ3) is 3.61. The molecular formula is C21H22N4O3. The Morgan fingerprint density at radius 1 is 1.14 bits per heavy atom. The molecule has 0 bridgehead atoms. The van der Waals surface area contributed by atoms with Gasteiger partial charge in [-0.05, 0) is 43.3 Å². The van der Waals surface area contributed by atoms with Crippen LogP contribution in [0.25, 0.3) is 11.6 Å². The maximum Gasteiger partial charge on any atom is 0.244 e. The van der Waals surface area contributed by atoms with Crippen molar-refractivity contribution >= 4 is 11.6 Å². The van der Waals surface area contributed by atoms with E-state index in [-0.39, 0.29) is 11.9 Å². The molecule has 144 valence electrons. The Hall–Kier alpha value is -3.19. The Morgan fingerprint density at radius 2 is 1.89 bits per heavy atom. The molecule has 1 aliphatic heterocycles. The zero-order valence-corrected chi connectivity index (χ0v) is 15.9. The van der Waals surface area contributed by atoms with Crippen molar-refractivity contribution in [3.05, 3.63) is 60.6 Å². The topological polar surface area (TPSA) is 71.7 Å². The number of anilines is 1. The van der Waals surface area contributed by atoms with Gasteiger partial charge in [-0.3, -0.25) is 9.69 Å². The van der Waals surface area contributed by atoms with Gasteiger partial charge >= 0.3 is 0 Å². The Bertz CT molecular complexity index is 923. The quantitative estimate of drug-likeness (QED) is 0.680. The van der Waals surface area contributed by atoms with E-state index in [1.54, 1.807) is 25.8 Å².